The maximum absolute atomic E-state index is 6.42. The molecule has 1 heterocycles. The van der Waals surface area contributed by atoms with Crippen molar-refractivity contribution in [2.45, 2.75) is 76.9 Å². The maximum Gasteiger partial charge on any atom is 0.475 e. The molecule has 1 saturated heterocycles. The Morgan fingerprint density at radius 2 is 1.95 bits per heavy atom. The Hall–Kier alpha value is 0.235. The standard InChI is InChI=1S/C16H28BNO2.ClH/c1-15(2)11-8-12(15)16(3)13(9-11)19-17(20-16)14(18)7-10-5-4-6-10;/h10-14H,4-9,18H2,1-3H3;1H/t11-,12-,13+,14?,16-;/m0./s1. The summed E-state index contributed by atoms with van der Waals surface area (Å²) >= 11 is 0. The number of hydrogen-bond donors (Lipinski definition) is 1. The van der Waals surface area contributed by atoms with Crippen LogP contribution in [0, 0.1) is 23.2 Å². The zero-order valence-corrected chi connectivity index (χ0v) is 14.3. The fourth-order valence-electron chi connectivity index (χ4n) is 5.31. The molecule has 5 fully saturated rings. The summed E-state index contributed by atoms with van der Waals surface area (Å²) in [5.41, 5.74) is 6.70. The highest BCUT2D eigenvalue weighted by atomic mass is 35.5. The molecule has 3 nitrogen and oxygen atoms in total. The van der Waals surface area contributed by atoms with Crippen molar-refractivity contribution in [1.82, 2.24) is 0 Å². The van der Waals surface area contributed by atoms with Crippen LogP contribution in [0.15, 0.2) is 0 Å². The van der Waals surface area contributed by atoms with Crippen LogP contribution in [0.25, 0.3) is 0 Å². The molecule has 1 unspecified atom stereocenters. The molecule has 0 aromatic rings. The van der Waals surface area contributed by atoms with E-state index in [1.54, 1.807) is 0 Å². The van der Waals surface area contributed by atoms with E-state index in [4.69, 9.17) is 15.0 Å². The lowest BCUT2D eigenvalue weighted by molar-refractivity contribution is -0.199. The second-order valence-corrected chi connectivity index (χ2v) is 8.53. The molecule has 5 atom stereocenters. The number of halogens is 1. The second-order valence-electron chi connectivity index (χ2n) is 8.53. The van der Waals surface area contributed by atoms with Crippen LogP contribution in [0.4, 0.5) is 0 Å². The fraction of sp³-hybridized carbons (Fsp3) is 1.00. The Morgan fingerprint density at radius 1 is 1.24 bits per heavy atom. The predicted molar refractivity (Wildman–Crippen MR) is 87.3 cm³/mol. The third-order valence-electron chi connectivity index (χ3n) is 7.15. The fourth-order valence-corrected chi connectivity index (χ4v) is 5.31. The molecule has 4 saturated carbocycles. The summed E-state index contributed by atoms with van der Waals surface area (Å²) in [5, 5.41) is 0. The van der Waals surface area contributed by atoms with Gasteiger partial charge in [0.1, 0.15) is 0 Å². The van der Waals surface area contributed by atoms with Gasteiger partial charge >= 0.3 is 7.12 Å². The molecule has 0 amide bonds. The lowest BCUT2D eigenvalue weighted by Gasteiger charge is -2.64. The van der Waals surface area contributed by atoms with Crippen molar-refractivity contribution in [1.29, 1.82) is 0 Å². The highest BCUT2D eigenvalue weighted by Crippen LogP contribution is 2.65. The maximum atomic E-state index is 6.42. The van der Waals surface area contributed by atoms with Gasteiger partial charge in [-0.15, -0.1) is 12.4 Å². The molecule has 0 spiro atoms. The number of nitrogens with two attached hydrogens (primary N) is 1. The normalized spacial score (nSPS) is 45.1. The van der Waals surface area contributed by atoms with Crippen LogP contribution < -0.4 is 5.73 Å². The summed E-state index contributed by atoms with van der Waals surface area (Å²) < 4.78 is 12.7. The third-order valence-corrected chi connectivity index (χ3v) is 7.15. The van der Waals surface area contributed by atoms with Gasteiger partial charge in [-0.2, -0.15) is 0 Å². The van der Waals surface area contributed by atoms with E-state index >= 15 is 0 Å². The Labute approximate surface area is 135 Å². The first kappa shape index (κ1) is 16.1. The van der Waals surface area contributed by atoms with Gasteiger partial charge in [0.25, 0.3) is 0 Å². The monoisotopic (exact) mass is 313 g/mol. The smallest absolute Gasteiger partial charge is 0.404 e. The van der Waals surface area contributed by atoms with Crippen molar-refractivity contribution in [2.24, 2.45) is 28.9 Å². The molecule has 21 heavy (non-hydrogen) atoms. The molecule has 4 aliphatic carbocycles. The topological polar surface area (TPSA) is 44.5 Å². The lowest BCUT2D eigenvalue weighted by Crippen LogP contribution is -2.65. The molecule has 5 rings (SSSR count). The molecule has 0 radical (unpaired) electrons. The van der Waals surface area contributed by atoms with E-state index in [9.17, 15) is 0 Å². The Balaban J connectivity index is 0.00000132. The van der Waals surface area contributed by atoms with Crippen LogP contribution >= 0.6 is 12.4 Å². The summed E-state index contributed by atoms with van der Waals surface area (Å²) in [6.07, 6.45) is 7.89. The minimum atomic E-state index is -0.166. The van der Waals surface area contributed by atoms with Gasteiger partial charge in [0, 0.05) is 5.94 Å². The predicted octanol–water partition coefficient (Wildman–Crippen LogP) is 3.19. The Kier molecular flexibility index (Phi) is 3.93. The summed E-state index contributed by atoms with van der Waals surface area (Å²) in [7, 11) is -0.166. The molecule has 5 heteroatoms. The second kappa shape index (κ2) is 5.12. The van der Waals surface area contributed by atoms with Crippen molar-refractivity contribution in [3.63, 3.8) is 0 Å². The zero-order chi connectivity index (χ0) is 14.1. The number of rotatable bonds is 3. The van der Waals surface area contributed by atoms with E-state index in [0.717, 1.165) is 24.7 Å². The molecule has 0 aromatic heterocycles. The first-order valence-electron chi connectivity index (χ1n) is 8.50. The molecular weight excluding hydrogens is 284 g/mol. The molecule has 2 N–H and O–H groups in total. The number of hydrogen-bond acceptors (Lipinski definition) is 3. The molecule has 5 aliphatic rings. The first-order chi connectivity index (χ1) is 9.41. The minimum absolute atomic E-state index is 0. The van der Waals surface area contributed by atoms with Crippen LogP contribution in [0.2, 0.25) is 0 Å². The summed E-state index contributed by atoms with van der Waals surface area (Å²) in [6, 6.07) is 0. The SMILES string of the molecule is CC1(C)[C@@H]2C[C@H]3OB(C(N)CC4CCC4)O[C@@]3(C)[C@H]1C2.Cl. The van der Waals surface area contributed by atoms with Crippen molar-refractivity contribution in [3.05, 3.63) is 0 Å². The van der Waals surface area contributed by atoms with E-state index in [-0.39, 0.29) is 37.2 Å². The minimum Gasteiger partial charge on any atom is -0.404 e. The third kappa shape index (κ3) is 2.21. The highest BCUT2D eigenvalue weighted by molar-refractivity contribution is 6.47. The average Bonchev–Trinajstić information content (AvgIpc) is 2.70. The van der Waals surface area contributed by atoms with Crippen LogP contribution in [-0.2, 0) is 9.31 Å². The van der Waals surface area contributed by atoms with Crippen LogP contribution in [-0.4, -0.2) is 24.8 Å². The van der Waals surface area contributed by atoms with Crippen molar-refractivity contribution in [2.75, 3.05) is 0 Å². The van der Waals surface area contributed by atoms with E-state index in [1.165, 1.54) is 25.7 Å². The molecule has 2 bridgehead atoms. The molecule has 1 aliphatic heterocycles. The van der Waals surface area contributed by atoms with Crippen molar-refractivity contribution < 1.29 is 9.31 Å². The summed E-state index contributed by atoms with van der Waals surface area (Å²) in [4.78, 5) is 0. The van der Waals surface area contributed by atoms with E-state index in [2.05, 4.69) is 20.8 Å². The van der Waals surface area contributed by atoms with Gasteiger partial charge in [0.2, 0.25) is 0 Å². The van der Waals surface area contributed by atoms with Gasteiger partial charge < -0.3 is 15.0 Å². The van der Waals surface area contributed by atoms with Gasteiger partial charge in [0.05, 0.1) is 11.7 Å². The van der Waals surface area contributed by atoms with Crippen molar-refractivity contribution >= 4 is 19.5 Å². The van der Waals surface area contributed by atoms with E-state index < -0.39 is 0 Å². The van der Waals surface area contributed by atoms with E-state index in [0.29, 0.717) is 11.3 Å². The largest absolute Gasteiger partial charge is 0.475 e. The molecule has 120 valence electrons. The van der Waals surface area contributed by atoms with Gasteiger partial charge in [-0.3, -0.25) is 0 Å². The zero-order valence-electron chi connectivity index (χ0n) is 13.5. The van der Waals surface area contributed by atoms with Gasteiger partial charge in [-0.25, -0.2) is 0 Å². The molecular formula is C16H29BClNO2. The Morgan fingerprint density at radius 3 is 2.52 bits per heavy atom. The van der Waals surface area contributed by atoms with Crippen LogP contribution in [0.5, 0.6) is 0 Å². The summed E-state index contributed by atoms with van der Waals surface area (Å²) in [6.45, 7) is 7.08. The Bertz CT molecular complexity index is 417. The van der Waals surface area contributed by atoms with E-state index in [1.807, 2.05) is 0 Å². The lowest BCUT2D eigenvalue weighted by atomic mass is 9.43. The average molecular weight is 314 g/mol. The van der Waals surface area contributed by atoms with Crippen LogP contribution in [0.1, 0.15) is 59.3 Å². The van der Waals surface area contributed by atoms with Crippen LogP contribution in [0.3, 0.4) is 0 Å². The van der Waals surface area contributed by atoms with Crippen molar-refractivity contribution in [3.8, 4) is 0 Å². The quantitative estimate of drug-likeness (QED) is 0.814. The first-order valence-corrected chi connectivity index (χ1v) is 8.50. The van der Waals surface area contributed by atoms with Gasteiger partial charge in [-0.1, -0.05) is 33.1 Å². The summed E-state index contributed by atoms with van der Waals surface area (Å²) in [5.74, 6) is 2.33. The van der Waals surface area contributed by atoms with Gasteiger partial charge in [-0.05, 0) is 49.4 Å². The highest BCUT2D eigenvalue weighted by Gasteiger charge is 2.68. The van der Waals surface area contributed by atoms with Gasteiger partial charge in [0.15, 0.2) is 0 Å². The molecule has 0 aromatic carbocycles.